The number of hydrogen-bond acceptors (Lipinski definition) is 2. The van der Waals surface area contributed by atoms with Crippen LogP contribution in [0.2, 0.25) is 0 Å². The normalized spacial score (nSPS) is 11.3. The molecule has 1 aromatic carbocycles. The Morgan fingerprint density at radius 3 is 2.31 bits per heavy atom. The summed E-state index contributed by atoms with van der Waals surface area (Å²) in [6, 6.07) is 6.34. The number of carboxylic acid groups (broad SMARTS) is 1. The Morgan fingerprint density at radius 1 is 1.31 bits per heavy atom. The van der Waals surface area contributed by atoms with Gasteiger partial charge in [0.1, 0.15) is 5.75 Å². The van der Waals surface area contributed by atoms with Gasteiger partial charge in [0.2, 0.25) is 0 Å². The smallest absolute Gasteiger partial charge is 0.331 e. The van der Waals surface area contributed by atoms with Crippen molar-refractivity contribution in [1.82, 2.24) is 0 Å². The molecule has 0 unspecified atom stereocenters. The molecule has 0 aliphatic carbocycles. The molecule has 0 saturated carbocycles. The zero-order valence-corrected chi connectivity index (χ0v) is 7.19. The van der Waals surface area contributed by atoms with E-state index in [0.717, 1.165) is 5.56 Å². The highest BCUT2D eigenvalue weighted by molar-refractivity contribution is 5.91. The van der Waals surface area contributed by atoms with Gasteiger partial charge in [-0.1, -0.05) is 12.1 Å². The largest absolute Gasteiger partial charge is 0.508 e. The van der Waals surface area contributed by atoms with Crippen molar-refractivity contribution in [3.05, 3.63) is 35.4 Å². The van der Waals surface area contributed by atoms with Gasteiger partial charge in [0.05, 0.1) is 0 Å². The van der Waals surface area contributed by atoms with E-state index in [1.807, 2.05) is 0 Å². The molecule has 0 saturated heterocycles. The van der Waals surface area contributed by atoms with Gasteiger partial charge in [-0.05, 0) is 30.7 Å². The molecule has 0 atom stereocenters. The Morgan fingerprint density at radius 2 is 1.85 bits per heavy atom. The van der Waals surface area contributed by atoms with E-state index in [0.29, 0.717) is 0 Å². The number of rotatable bonds is 2. The van der Waals surface area contributed by atoms with Crippen molar-refractivity contribution in [3.63, 3.8) is 0 Å². The van der Waals surface area contributed by atoms with Gasteiger partial charge >= 0.3 is 5.97 Å². The fourth-order valence-corrected chi connectivity index (χ4v) is 0.882. The van der Waals surface area contributed by atoms with Crippen LogP contribution in [0.3, 0.4) is 0 Å². The summed E-state index contributed by atoms with van der Waals surface area (Å²) >= 11 is 0. The lowest BCUT2D eigenvalue weighted by molar-refractivity contribution is -0.132. The number of carboxylic acids is 1. The Bertz CT molecular complexity index is 336. The third-order valence-corrected chi connectivity index (χ3v) is 1.61. The highest BCUT2D eigenvalue weighted by Gasteiger charge is 1.99. The van der Waals surface area contributed by atoms with Gasteiger partial charge in [-0.25, -0.2) is 4.79 Å². The van der Waals surface area contributed by atoms with Crippen LogP contribution >= 0.6 is 0 Å². The maximum absolute atomic E-state index is 10.5. The van der Waals surface area contributed by atoms with Crippen molar-refractivity contribution in [2.75, 3.05) is 0 Å². The van der Waals surface area contributed by atoms with Crippen LogP contribution in [0.4, 0.5) is 0 Å². The average molecular weight is 178 g/mol. The average Bonchev–Trinajstić information content (AvgIpc) is 2.08. The van der Waals surface area contributed by atoms with Crippen molar-refractivity contribution < 1.29 is 15.0 Å². The molecule has 3 nitrogen and oxygen atoms in total. The summed E-state index contributed by atoms with van der Waals surface area (Å²) < 4.78 is 0. The lowest BCUT2D eigenvalue weighted by Gasteiger charge is -1.95. The minimum atomic E-state index is -0.937. The van der Waals surface area contributed by atoms with E-state index in [-0.39, 0.29) is 11.3 Å². The van der Waals surface area contributed by atoms with Gasteiger partial charge in [0, 0.05) is 5.57 Å². The second-order valence-electron chi connectivity index (χ2n) is 2.72. The highest BCUT2D eigenvalue weighted by atomic mass is 16.4. The summed E-state index contributed by atoms with van der Waals surface area (Å²) in [5, 5.41) is 17.5. The van der Waals surface area contributed by atoms with E-state index in [4.69, 9.17) is 10.2 Å². The van der Waals surface area contributed by atoms with Crippen LogP contribution in [0.1, 0.15) is 12.5 Å². The molecule has 0 bridgehead atoms. The molecule has 0 aromatic heterocycles. The van der Waals surface area contributed by atoms with Gasteiger partial charge < -0.3 is 10.2 Å². The van der Waals surface area contributed by atoms with E-state index in [2.05, 4.69) is 0 Å². The van der Waals surface area contributed by atoms with E-state index >= 15 is 0 Å². The first-order valence-electron chi connectivity index (χ1n) is 3.80. The summed E-state index contributed by atoms with van der Waals surface area (Å²) in [5.74, 6) is -0.766. The van der Waals surface area contributed by atoms with Crippen molar-refractivity contribution in [1.29, 1.82) is 0 Å². The van der Waals surface area contributed by atoms with Crippen LogP contribution in [0, 0.1) is 0 Å². The Hall–Kier alpha value is -1.77. The van der Waals surface area contributed by atoms with Crippen LogP contribution in [-0.4, -0.2) is 16.2 Å². The Balaban J connectivity index is 2.92. The number of hydrogen-bond donors (Lipinski definition) is 2. The molecule has 0 amide bonds. The number of aliphatic carboxylic acids is 1. The summed E-state index contributed by atoms with van der Waals surface area (Å²) in [7, 11) is 0. The molecule has 0 aliphatic heterocycles. The molecule has 0 aliphatic rings. The van der Waals surface area contributed by atoms with Crippen molar-refractivity contribution in [2.24, 2.45) is 0 Å². The molecule has 1 rings (SSSR count). The van der Waals surface area contributed by atoms with E-state index in [1.54, 1.807) is 18.2 Å². The maximum atomic E-state index is 10.5. The standard InChI is InChI=1S/C10H10O3/c1-7(10(12)13)6-8-2-4-9(11)5-3-8/h2-6,11H,1H3,(H,12,13)/b7-6+. The summed E-state index contributed by atoms with van der Waals surface area (Å²) in [5.41, 5.74) is 1.03. The van der Waals surface area contributed by atoms with Crippen LogP contribution < -0.4 is 0 Å². The van der Waals surface area contributed by atoms with Crippen molar-refractivity contribution in [3.8, 4) is 5.75 Å². The van der Waals surface area contributed by atoms with E-state index < -0.39 is 5.97 Å². The molecule has 0 heterocycles. The third-order valence-electron chi connectivity index (χ3n) is 1.61. The van der Waals surface area contributed by atoms with Gasteiger partial charge in [-0.15, -0.1) is 0 Å². The summed E-state index contributed by atoms with van der Waals surface area (Å²) in [4.78, 5) is 10.5. The monoisotopic (exact) mass is 178 g/mol. The zero-order chi connectivity index (χ0) is 9.84. The Labute approximate surface area is 76.0 Å². The number of carbonyl (C=O) groups is 1. The molecule has 1 aromatic rings. The van der Waals surface area contributed by atoms with Crippen molar-refractivity contribution >= 4 is 12.0 Å². The zero-order valence-electron chi connectivity index (χ0n) is 7.19. The molecule has 3 heteroatoms. The fourth-order valence-electron chi connectivity index (χ4n) is 0.882. The van der Waals surface area contributed by atoms with Gasteiger partial charge in [0.15, 0.2) is 0 Å². The van der Waals surface area contributed by atoms with Gasteiger partial charge in [-0.2, -0.15) is 0 Å². The SMILES string of the molecule is C/C(=C\c1ccc(O)cc1)C(=O)O. The van der Waals surface area contributed by atoms with Crippen LogP contribution in [0.25, 0.3) is 6.08 Å². The summed E-state index contributed by atoms with van der Waals surface area (Å²) in [6.07, 6.45) is 1.54. The quantitative estimate of drug-likeness (QED) is 0.680. The van der Waals surface area contributed by atoms with Crippen LogP contribution in [0.15, 0.2) is 29.8 Å². The predicted octanol–water partition coefficient (Wildman–Crippen LogP) is 1.88. The molecule has 2 N–H and O–H groups in total. The lowest BCUT2D eigenvalue weighted by atomic mass is 10.1. The predicted molar refractivity (Wildman–Crippen MR) is 49.4 cm³/mol. The second kappa shape index (κ2) is 3.76. The van der Waals surface area contributed by atoms with Crippen LogP contribution in [0.5, 0.6) is 5.75 Å². The molecule has 68 valence electrons. The molecule has 0 spiro atoms. The minimum absolute atomic E-state index is 0.171. The first-order chi connectivity index (χ1) is 6.09. The molecule has 0 radical (unpaired) electrons. The first kappa shape index (κ1) is 9.32. The molecular formula is C10H10O3. The van der Waals surface area contributed by atoms with Gasteiger partial charge in [-0.3, -0.25) is 0 Å². The Kier molecular flexibility index (Phi) is 2.69. The number of benzene rings is 1. The summed E-state index contributed by atoms with van der Waals surface area (Å²) in [6.45, 7) is 1.52. The van der Waals surface area contributed by atoms with E-state index in [9.17, 15) is 4.79 Å². The second-order valence-corrected chi connectivity index (χ2v) is 2.72. The minimum Gasteiger partial charge on any atom is -0.508 e. The topological polar surface area (TPSA) is 57.5 Å². The number of phenols is 1. The first-order valence-corrected chi connectivity index (χ1v) is 3.80. The van der Waals surface area contributed by atoms with Crippen molar-refractivity contribution in [2.45, 2.75) is 6.92 Å². The maximum Gasteiger partial charge on any atom is 0.331 e. The number of phenolic OH excluding ortho intramolecular Hbond substituents is 1. The lowest BCUT2D eigenvalue weighted by Crippen LogP contribution is -1.95. The molecular weight excluding hydrogens is 168 g/mol. The van der Waals surface area contributed by atoms with Gasteiger partial charge in [0.25, 0.3) is 0 Å². The number of aromatic hydroxyl groups is 1. The van der Waals surface area contributed by atoms with E-state index in [1.165, 1.54) is 19.1 Å². The highest BCUT2D eigenvalue weighted by Crippen LogP contribution is 2.12. The fraction of sp³-hybridized carbons (Fsp3) is 0.100. The molecule has 0 fully saturated rings. The third kappa shape index (κ3) is 2.63. The van der Waals surface area contributed by atoms with Crippen LogP contribution in [-0.2, 0) is 4.79 Å². The molecule has 13 heavy (non-hydrogen) atoms.